The molecule has 0 aliphatic rings. The van der Waals surface area contributed by atoms with Crippen LogP contribution in [0.5, 0.6) is 0 Å². The number of rotatable bonds is 3. The number of Topliss-reactive ketones (excluding diaryl/α,β-unsaturated/α-hetero) is 1. The second-order valence-corrected chi connectivity index (χ2v) is 4.39. The Labute approximate surface area is 119 Å². The van der Waals surface area contributed by atoms with E-state index in [4.69, 9.17) is 0 Å². The molecule has 104 valence electrons. The molecule has 1 amide bonds. The number of nitrogens with one attached hydrogen (secondary N) is 1. The summed E-state index contributed by atoms with van der Waals surface area (Å²) in [5.41, 5.74) is 1.15. The van der Waals surface area contributed by atoms with E-state index in [1.54, 1.807) is 42.7 Å². The molecule has 0 aliphatic carbocycles. The van der Waals surface area contributed by atoms with Gasteiger partial charge in [-0.1, -0.05) is 0 Å². The number of aromatic nitrogens is 4. The van der Waals surface area contributed by atoms with Crippen molar-refractivity contribution in [3.05, 3.63) is 54.1 Å². The molecule has 1 aromatic carbocycles. The zero-order chi connectivity index (χ0) is 14.8. The predicted octanol–water partition coefficient (Wildman–Crippen LogP) is 1.58. The first-order valence-corrected chi connectivity index (χ1v) is 6.23. The zero-order valence-electron chi connectivity index (χ0n) is 11.1. The number of benzene rings is 1. The number of ketones is 1. The van der Waals surface area contributed by atoms with Gasteiger partial charge >= 0.3 is 0 Å². The van der Waals surface area contributed by atoms with Crippen molar-refractivity contribution in [2.24, 2.45) is 0 Å². The Morgan fingerprint density at radius 3 is 2.62 bits per heavy atom. The molecule has 3 rings (SSSR count). The topological polar surface area (TPSA) is 89.2 Å². The first-order chi connectivity index (χ1) is 10.1. The van der Waals surface area contributed by atoms with E-state index in [1.165, 1.54) is 11.4 Å². The number of anilines is 1. The fourth-order valence-corrected chi connectivity index (χ4v) is 1.80. The quantitative estimate of drug-likeness (QED) is 0.736. The number of amides is 1. The van der Waals surface area contributed by atoms with Crippen LogP contribution in [0.3, 0.4) is 0 Å². The molecule has 0 atom stereocenters. The summed E-state index contributed by atoms with van der Waals surface area (Å²) in [5, 5.41) is 6.70. The number of fused-ring (bicyclic) bond motifs is 1. The number of carbonyl (C=O) groups excluding carboxylic acids is 2. The smallest absolute Gasteiger partial charge is 0.295 e. The van der Waals surface area contributed by atoms with Gasteiger partial charge in [0.25, 0.3) is 11.7 Å². The lowest BCUT2D eigenvalue weighted by Gasteiger charge is -2.02. The summed E-state index contributed by atoms with van der Waals surface area (Å²) < 4.78 is 1.42. The Bertz CT molecular complexity index is 790. The standard InChI is InChI=1S/C14H11N5O2/c1-9(20)10-3-5-11(6-4-10)16-13(21)12-17-14-15-7-2-8-19(14)18-12/h2-8H,1H3,(H,16,21). The van der Waals surface area contributed by atoms with Crippen molar-refractivity contribution >= 4 is 23.2 Å². The third-order valence-corrected chi connectivity index (χ3v) is 2.87. The molecule has 0 bridgehead atoms. The van der Waals surface area contributed by atoms with E-state index >= 15 is 0 Å². The molecule has 0 spiro atoms. The molecule has 7 nitrogen and oxygen atoms in total. The van der Waals surface area contributed by atoms with Gasteiger partial charge in [-0.15, -0.1) is 5.10 Å². The van der Waals surface area contributed by atoms with Crippen LogP contribution >= 0.6 is 0 Å². The van der Waals surface area contributed by atoms with Crippen LogP contribution < -0.4 is 5.32 Å². The van der Waals surface area contributed by atoms with E-state index in [1.807, 2.05) is 0 Å². The Morgan fingerprint density at radius 1 is 1.19 bits per heavy atom. The highest BCUT2D eigenvalue weighted by molar-refractivity contribution is 6.02. The molecular weight excluding hydrogens is 270 g/mol. The van der Waals surface area contributed by atoms with Crippen molar-refractivity contribution < 1.29 is 9.59 Å². The minimum atomic E-state index is -0.434. The summed E-state index contributed by atoms with van der Waals surface area (Å²) in [6.07, 6.45) is 3.24. The molecule has 2 heterocycles. The van der Waals surface area contributed by atoms with Crippen molar-refractivity contribution in [2.45, 2.75) is 6.92 Å². The number of nitrogens with zero attached hydrogens (tertiary/aromatic N) is 4. The molecule has 2 aromatic heterocycles. The van der Waals surface area contributed by atoms with Crippen LogP contribution in [-0.4, -0.2) is 31.3 Å². The Hall–Kier alpha value is -3.09. The second-order valence-electron chi connectivity index (χ2n) is 4.39. The third kappa shape index (κ3) is 2.62. The van der Waals surface area contributed by atoms with Gasteiger partial charge in [-0.25, -0.2) is 9.50 Å². The van der Waals surface area contributed by atoms with Crippen LogP contribution in [0.15, 0.2) is 42.7 Å². The summed E-state index contributed by atoms with van der Waals surface area (Å²) in [6.45, 7) is 1.49. The van der Waals surface area contributed by atoms with Crippen molar-refractivity contribution in [1.82, 2.24) is 19.6 Å². The monoisotopic (exact) mass is 281 g/mol. The summed E-state index contributed by atoms with van der Waals surface area (Å²) >= 11 is 0. The highest BCUT2D eigenvalue weighted by Crippen LogP contribution is 2.11. The fourth-order valence-electron chi connectivity index (χ4n) is 1.80. The fraction of sp³-hybridized carbons (Fsp3) is 0.0714. The van der Waals surface area contributed by atoms with Gasteiger partial charge in [0.05, 0.1) is 0 Å². The molecule has 0 aliphatic heterocycles. The first kappa shape index (κ1) is 12.9. The van der Waals surface area contributed by atoms with Crippen LogP contribution in [0.1, 0.15) is 27.9 Å². The molecule has 21 heavy (non-hydrogen) atoms. The van der Waals surface area contributed by atoms with Crippen LogP contribution in [-0.2, 0) is 0 Å². The lowest BCUT2D eigenvalue weighted by atomic mass is 10.1. The normalized spacial score (nSPS) is 10.5. The summed E-state index contributed by atoms with van der Waals surface area (Å²) in [6, 6.07) is 8.31. The van der Waals surface area contributed by atoms with Gasteiger partial charge in [0, 0.05) is 23.6 Å². The van der Waals surface area contributed by atoms with Gasteiger partial charge in [0.15, 0.2) is 5.78 Å². The average Bonchev–Trinajstić information content (AvgIpc) is 2.92. The van der Waals surface area contributed by atoms with Crippen molar-refractivity contribution in [1.29, 1.82) is 0 Å². The number of hydrogen-bond donors (Lipinski definition) is 1. The maximum absolute atomic E-state index is 12.1. The number of hydrogen-bond acceptors (Lipinski definition) is 5. The maximum atomic E-state index is 12.1. The zero-order valence-corrected chi connectivity index (χ0v) is 11.1. The van der Waals surface area contributed by atoms with E-state index in [2.05, 4.69) is 20.4 Å². The van der Waals surface area contributed by atoms with Crippen LogP contribution in [0.4, 0.5) is 5.69 Å². The van der Waals surface area contributed by atoms with Crippen LogP contribution in [0, 0.1) is 0 Å². The lowest BCUT2D eigenvalue weighted by Crippen LogP contribution is -2.14. The van der Waals surface area contributed by atoms with E-state index in [0.717, 1.165) is 0 Å². The molecular formula is C14H11N5O2. The van der Waals surface area contributed by atoms with E-state index in [-0.39, 0.29) is 11.6 Å². The molecule has 7 heteroatoms. The van der Waals surface area contributed by atoms with Gasteiger partial charge in [-0.3, -0.25) is 9.59 Å². The van der Waals surface area contributed by atoms with E-state index < -0.39 is 5.91 Å². The molecule has 0 saturated carbocycles. The summed E-state index contributed by atoms with van der Waals surface area (Å²) in [4.78, 5) is 31.3. The third-order valence-electron chi connectivity index (χ3n) is 2.87. The lowest BCUT2D eigenvalue weighted by molar-refractivity contribution is 0.101. The average molecular weight is 281 g/mol. The van der Waals surface area contributed by atoms with Gasteiger partial charge in [-0.05, 0) is 37.3 Å². The van der Waals surface area contributed by atoms with Crippen molar-refractivity contribution in [3.63, 3.8) is 0 Å². The maximum Gasteiger partial charge on any atom is 0.295 e. The van der Waals surface area contributed by atoms with Gasteiger partial charge < -0.3 is 5.32 Å². The summed E-state index contributed by atoms with van der Waals surface area (Å²) in [7, 11) is 0. The predicted molar refractivity (Wildman–Crippen MR) is 75.2 cm³/mol. The highest BCUT2D eigenvalue weighted by Gasteiger charge is 2.13. The van der Waals surface area contributed by atoms with Gasteiger partial charge in [0.1, 0.15) is 0 Å². The Kier molecular flexibility index (Phi) is 3.15. The van der Waals surface area contributed by atoms with Gasteiger partial charge in [-0.2, -0.15) is 4.98 Å². The Balaban J connectivity index is 1.80. The highest BCUT2D eigenvalue weighted by atomic mass is 16.2. The molecule has 0 unspecified atom stereocenters. The molecule has 1 N–H and O–H groups in total. The molecule has 0 radical (unpaired) electrons. The second kappa shape index (κ2) is 5.12. The van der Waals surface area contributed by atoms with Gasteiger partial charge in [0.2, 0.25) is 5.82 Å². The SMILES string of the molecule is CC(=O)c1ccc(NC(=O)c2nc3ncccn3n2)cc1. The minimum absolute atomic E-state index is 0.0269. The van der Waals surface area contributed by atoms with Crippen LogP contribution in [0.2, 0.25) is 0 Å². The van der Waals surface area contributed by atoms with Crippen LogP contribution in [0.25, 0.3) is 5.78 Å². The van der Waals surface area contributed by atoms with E-state index in [0.29, 0.717) is 17.0 Å². The molecule has 0 fully saturated rings. The van der Waals surface area contributed by atoms with Crippen molar-refractivity contribution in [2.75, 3.05) is 5.32 Å². The molecule has 0 saturated heterocycles. The minimum Gasteiger partial charge on any atom is -0.319 e. The largest absolute Gasteiger partial charge is 0.319 e. The van der Waals surface area contributed by atoms with Crippen molar-refractivity contribution in [3.8, 4) is 0 Å². The summed E-state index contributed by atoms with van der Waals surface area (Å²) in [5.74, 6) is -0.0732. The molecule has 3 aromatic rings. The Morgan fingerprint density at radius 2 is 1.95 bits per heavy atom. The van der Waals surface area contributed by atoms with E-state index in [9.17, 15) is 9.59 Å². The first-order valence-electron chi connectivity index (χ1n) is 6.23. The number of carbonyl (C=O) groups is 2.